The van der Waals surface area contributed by atoms with Gasteiger partial charge < -0.3 is 10.6 Å². The van der Waals surface area contributed by atoms with Crippen LogP contribution in [0.3, 0.4) is 0 Å². The number of benzene rings is 1. The van der Waals surface area contributed by atoms with Gasteiger partial charge in [-0.05, 0) is 36.3 Å². The monoisotopic (exact) mass is 257 g/mol. The smallest absolute Gasteiger partial charge is 0.191 e. The van der Waals surface area contributed by atoms with Gasteiger partial charge in [-0.1, -0.05) is 38.1 Å². The molecule has 0 radical (unpaired) electrons. The first-order chi connectivity index (χ1) is 9.11. The first-order valence-electron chi connectivity index (χ1n) is 7.25. The van der Waals surface area contributed by atoms with E-state index in [4.69, 9.17) is 5.73 Å². The maximum Gasteiger partial charge on any atom is 0.191 e. The molecule has 0 bridgehead atoms. The zero-order chi connectivity index (χ0) is 13.5. The summed E-state index contributed by atoms with van der Waals surface area (Å²) >= 11 is 0. The van der Waals surface area contributed by atoms with Gasteiger partial charge in [0, 0.05) is 6.54 Å². The number of guanidine groups is 1. The van der Waals surface area contributed by atoms with E-state index in [9.17, 15) is 0 Å². The third-order valence-corrected chi connectivity index (χ3v) is 4.43. The summed E-state index contributed by atoms with van der Waals surface area (Å²) in [6.07, 6.45) is 3.40. The van der Waals surface area contributed by atoms with Crippen molar-refractivity contribution in [3.8, 4) is 0 Å². The molecule has 3 nitrogen and oxygen atoms in total. The van der Waals surface area contributed by atoms with Gasteiger partial charge in [0.25, 0.3) is 0 Å². The van der Waals surface area contributed by atoms with Crippen LogP contribution in [0, 0.1) is 5.92 Å². The Morgan fingerprint density at radius 1 is 1.32 bits per heavy atom. The van der Waals surface area contributed by atoms with Crippen molar-refractivity contribution in [3.05, 3.63) is 35.4 Å². The fraction of sp³-hybridized carbons (Fsp3) is 0.562. The third kappa shape index (κ3) is 2.11. The Kier molecular flexibility index (Phi) is 3.00. The van der Waals surface area contributed by atoms with Crippen LogP contribution in [0.1, 0.15) is 31.4 Å². The van der Waals surface area contributed by atoms with E-state index in [1.807, 2.05) is 0 Å². The highest BCUT2D eigenvalue weighted by Gasteiger charge is 2.44. The summed E-state index contributed by atoms with van der Waals surface area (Å²) in [5.41, 5.74) is 9.25. The fourth-order valence-corrected chi connectivity index (χ4v) is 3.44. The van der Waals surface area contributed by atoms with Crippen LogP contribution in [0.4, 0.5) is 0 Å². The number of rotatable bonds is 2. The van der Waals surface area contributed by atoms with Crippen molar-refractivity contribution in [3.63, 3.8) is 0 Å². The molecule has 1 aliphatic heterocycles. The lowest BCUT2D eigenvalue weighted by molar-refractivity contribution is 0.161. The third-order valence-electron chi connectivity index (χ3n) is 4.43. The number of nitrogens with two attached hydrogens (primary N) is 1. The Balaban J connectivity index is 1.89. The van der Waals surface area contributed by atoms with Gasteiger partial charge in [-0.2, -0.15) is 0 Å². The standard InChI is InChI=1S/C16H23N3/c1-12(2)10-19-15(17)18-11-16(19)8-7-13-5-3-4-6-14(13)9-16/h3-6,12H,7-11H2,1-2H3,(H2,17,18). The molecule has 0 amide bonds. The highest BCUT2D eigenvalue weighted by atomic mass is 15.4. The predicted octanol–water partition coefficient (Wildman–Crippen LogP) is 2.20. The van der Waals surface area contributed by atoms with Crippen molar-refractivity contribution in [1.29, 1.82) is 0 Å². The molecule has 0 saturated carbocycles. The molecule has 3 rings (SSSR count). The molecular formula is C16H23N3. The lowest BCUT2D eigenvalue weighted by atomic mass is 9.77. The Hall–Kier alpha value is -1.51. The SMILES string of the molecule is CC(C)CN1C(N)=NCC12CCc1ccccc1C2. The van der Waals surface area contributed by atoms with E-state index in [-0.39, 0.29) is 5.54 Å². The summed E-state index contributed by atoms with van der Waals surface area (Å²) < 4.78 is 0. The van der Waals surface area contributed by atoms with Gasteiger partial charge in [-0.3, -0.25) is 4.99 Å². The van der Waals surface area contributed by atoms with Crippen LogP contribution < -0.4 is 5.73 Å². The molecule has 2 aliphatic rings. The summed E-state index contributed by atoms with van der Waals surface area (Å²) in [6, 6.07) is 8.80. The molecule has 1 unspecified atom stereocenters. The van der Waals surface area contributed by atoms with Crippen LogP contribution >= 0.6 is 0 Å². The van der Waals surface area contributed by atoms with Gasteiger partial charge in [0.1, 0.15) is 0 Å². The van der Waals surface area contributed by atoms with Crippen LogP contribution in [0.5, 0.6) is 0 Å². The number of nitrogens with zero attached hydrogens (tertiary/aromatic N) is 2. The Morgan fingerprint density at radius 2 is 2.05 bits per heavy atom. The number of hydrogen-bond donors (Lipinski definition) is 1. The first kappa shape index (κ1) is 12.5. The minimum atomic E-state index is 0.142. The van der Waals surface area contributed by atoms with E-state index < -0.39 is 0 Å². The van der Waals surface area contributed by atoms with E-state index >= 15 is 0 Å². The Labute approximate surface area is 115 Å². The van der Waals surface area contributed by atoms with E-state index in [2.05, 4.69) is 48.0 Å². The summed E-state index contributed by atoms with van der Waals surface area (Å²) in [5.74, 6) is 1.36. The number of aryl methyl sites for hydroxylation is 1. The van der Waals surface area contributed by atoms with Gasteiger partial charge in [0.05, 0.1) is 12.1 Å². The highest BCUT2D eigenvalue weighted by molar-refractivity contribution is 5.81. The van der Waals surface area contributed by atoms with Crippen LogP contribution in [0.2, 0.25) is 0 Å². The van der Waals surface area contributed by atoms with Gasteiger partial charge in [-0.15, -0.1) is 0 Å². The molecule has 19 heavy (non-hydrogen) atoms. The maximum atomic E-state index is 6.13. The number of hydrogen-bond acceptors (Lipinski definition) is 3. The average molecular weight is 257 g/mol. The fourth-order valence-electron chi connectivity index (χ4n) is 3.44. The minimum Gasteiger partial charge on any atom is -0.370 e. The van der Waals surface area contributed by atoms with E-state index in [1.54, 1.807) is 0 Å². The molecule has 1 aromatic rings. The van der Waals surface area contributed by atoms with Crippen molar-refractivity contribution >= 4 is 5.96 Å². The van der Waals surface area contributed by atoms with Crippen LogP contribution in [0.25, 0.3) is 0 Å². The Morgan fingerprint density at radius 3 is 2.79 bits per heavy atom. The van der Waals surface area contributed by atoms with Crippen molar-refractivity contribution < 1.29 is 0 Å². The molecule has 1 aliphatic carbocycles. The van der Waals surface area contributed by atoms with Crippen LogP contribution in [0.15, 0.2) is 29.3 Å². The summed E-state index contributed by atoms with van der Waals surface area (Å²) in [7, 11) is 0. The van der Waals surface area contributed by atoms with Crippen molar-refractivity contribution in [1.82, 2.24) is 4.90 Å². The molecule has 2 N–H and O–H groups in total. The maximum absolute atomic E-state index is 6.13. The molecule has 102 valence electrons. The van der Waals surface area contributed by atoms with Crippen molar-refractivity contribution in [2.24, 2.45) is 16.6 Å². The summed E-state index contributed by atoms with van der Waals surface area (Å²) in [4.78, 5) is 6.91. The highest BCUT2D eigenvalue weighted by Crippen LogP contribution is 2.36. The predicted molar refractivity (Wildman–Crippen MR) is 79.2 cm³/mol. The van der Waals surface area contributed by atoms with Gasteiger partial charge in [-0.25, -0.2) is 0 Å². The summed E-state index contributed by atoms with van der Waals surface area (Å²) in [6.45, 7) is 6.36. The van der Waals surface area contributed by atoms with Gasteiger partial charge in [0.2, 0.25) is 0 Å². The molecule has 1 spiro atoms. The lowest BCUT2D eigenvalue weighted by Crippen LogP contribution is -2.55. The summed E-state index contributed by atoms with van der Waals surface area (Å²) in [5, 5.41) is 0. The van der Waals surface area contributed by atoms with E-state index in [0.29, 0.717) is 5.92 Å². The molecule has 1 aromatic carbocycles. The number of fused-ring (bicyclic) bond motifs is 1. The van der Waals surface area contributed by atoms with E-state index in [0.717, 1.165) is 31.9 Å². The number of aliphatic imine (C=N–C) groups is 1. The second-order valence-corrected chi connectivity index (χ2v) is 6.35. The van der Waals surface area contributed by atoms with Crippen LogP contribution in [-0.4, -0.2) is 29.5 Å². The zero-order valence-electron chi connectivity index (χ0n) is 11.9. The quantitative estimate of drug-likeness (QED) is 0.882. The molecular weight excluding hydrogens is 234 g/mol. The second kappa shape index (κ2) is 4.55. The minimum absolute atomic E-state index is 0.142. The normalized spacial score (nSPS) is 25.8. The van der Waals surface area contributed by atoms with Gasteiger partial charge >= 0.3 is 0 Å². The molecule has 3 heteroatoms. The largest absolute Gasteiger partial charge is 0.370 e. The average Bonchev–Trinajstić information content (AvgIpc) is 2.68. The van der Waals surface area contributed by atoms with Crippen molar-refractivity contribution in [2.75, 3.05) is 13.1 Å². The molecule has 0 fully saturated rings. The molecule has 0 aromatic heterocycles. The first-order valence-corrected chi connectivity index (χ1v) is 7.25. The molecule has 1 atom stereocenters. The zero-order valence-corrected chi connectivity index (χ0v) is 11.9. The molecule has 1 heterocycles. The van der Waals surface area contributed by atoms with E-state index in [1.165, 1.54) is 17.5 Å². The Bertz CT molecular complexity index is 506. The topological polar surface area (TPSA) is 41.6 Å². The van der Waals surface area contributed by atoms with Gasteiger partial charge in [0.15, 0.2) is 5.96 Å². The van der Waals surface area contributed by atoms with Crippen LogP contribution in [-0.2, 0) is 12.8 Å². The second-order valence-electron chi connectivity index (χ2n) is 6.35. The lowest BCUT2D eigenvalue weighted by Gasteiger charge is -2.43. The van der Waals surface area contributed by atoms with Crippen molar-refractivity contribution in [2.45, 2.75) is 38.6 Å². The molecule has 0 saturated heterocycles.